The highest BCUT2D eigenvalue weighted by Crippen LogP contribution is 2.29. The van der Waals surface area contributed by atoms with Gasteiger partial charge in [0.1, 0.15) is 6.04 Å². The minimum atomic E-state index is -4.00. The summed E-state index contributed by atoms with van der Waals surface area (Å²) in [4.78, 5) is 16.7. The van der Waals surface area contributed by atoms with E-state index < -0.39 is 22.0 Å². The van der Waals surface area contributed by atoms with Gasteiger partial charge in [0, 0.05) is 36.0 Å². The van der Waals surface area contributed by atoms with Crippen LogP contribution in [0.3, 0.4) is 0 Å². The zero-order valence-electron chi connectivity index (χ0n) is 18.9. The molecule has 33 heavy (non-hydrogen) atoms. The molecule has 1 fully saturated rings. The van der Waals surface area contributed by atoms with Gasteiger partial charge in [0.05, 0.1) is 18.1 Å². The summed E-state index contributed by atoms with van der Waals surface area (Å²) in [6.45, 7) is 6.71. The first kappa shape index (κ1) is 25.7. The normalized spacial score (nSPS) is 16.2. The third kappa shape index (κ3) is 6.78. The number of rotatable bonds is 10. The lowest BCUT2D eigenvalue weighted by atomic mass is 10.0. The average Bonchev–Trinajstić information content (AvgIpc) is 2.82. The van der Waals surface area contributed by atoms with Gasteiger partial charge in [-0.15, -0.1) is 0 Å². The van der Waals surface area contributed by atoms with Crippen LogP contribution >= 0.6 is 11.8 Å². The van der Waals surface area contributed by atoms with Gasteiger partial charge >= 0.3 is 0 Å². The van der Waals surface area contributed by atoms with Crippen molar-refractivity contribution >= 4 is 27.7 Å². The Morgan fingerprint density at radius 1 is 1.09 bits per heavy atom. The number of nitrogens with zero attached hydrogens (tertiary/aromatic N) is 2. The second kappa shape index (κ2) is 12.0. The Morgan fingerprint density at radius 2 is 1.70 bits per heavy atom. The van der Waals surface area contributed by atoms with Crippen molar-refractivity contribution in [3.05, 3.63) is 54.6 Å². The number of benzene rings is 2. The number of carbonyl (C=O) groups is 1. The van der Waals surface area contributed by atoms with E-state index >= 15 is 0 Å². The van der Waals surface area contributed by atoms with Crippen molar-refractivity contribution in [2.24, 2.45) is 5.92 Å². The van der Waals surface area contributed by atoms with E-state index in [2.05, 4.69) is 4.90 Å². The molecule has 1 heterocycles. The van der Waals surface area contributed by atoms with Crippen molar-refractivity contribution in [1.29, 1.82) is 0 Å². The SMILES string of the molecule is CC(C)[C@H](C(=O)NO)N(CCN1CCOCC1)S(=O)(=O)c1ccc(Sc2ccccc2)cc1. The topological polar surface area (TPSA) is 99.2 Å². The lowest BCUT2D eigenvalue weighted by Gasteiger charge is -2.34. The molecule has 2 aromatic carbocycles. The summed E-state index contributed by atoms with van der Waals surface area (Å²) < 4.78 is 33.9. The van der Waals surface area contributed by atoms with Crippen LogP contribution in [-0.2, 0) is 19.6 Å². The smallest absolute Gasteiger partial charge is 0.262 e. The molecule has 0 saturated carbocycles. The summed E-state index contributed by atoms with van der Waals surface area (Å²) in [5.74, 6) is -1.09. The van der Waals surface area contributed by atoms with Gasteiger partial charge in [0.25, 0.3) is 5.91 Å². The van der Waals surface area contributed by atoms with Crippen LogP contribution in [0.5, 0.6) is 0 Å². The average molecular weight is 494 g/mol. The van der Waals surface area contributed by atoms with Gasteiger partial charge in [-0.25, -0.2) is 13.9 Å². The molecule has 2 aromatic rings. The summed E-state index contributed by atoms with van der Waals surface area (Å²) in [5.41, 5.74) is 1.64. The summed E-state index contributed by atoms with van der Waals surface area (Å²) in [7, 11) is -4.00. The molecule has 1 aliphatic heterocycles. The molecule has 1 aliphatic rings. The van der Waals surface area contributed by atoms with E-state index in [-0.39, 0.29) is 17.4 Å². The van der Waals surface area contributed by atoms with Gasteiger partial charge in [0.2, 0.25) is 10.0 Å². The second-order valence-electron chi connectivity index (χ2n) is 8.12. The van der Waals surface area contributed by atoms with Crippen molar-refractivity contribution in [3.8, 4) is 0 Å². The molecule has 1 saturated heterocycles. The van der Waals surface area contributed by atoms with Crippen LogP contribution in [0, 0.1) is 5.92 Å². The van der Waals surface area contributed by atoms with Gasteiger partial charge in [-0.3, -0.25) is 14.9 Å². The Bertz CT molecular complexity index is 995. The quantitative estimate of drug-likeness (QED) is 0.388. The summed E-state index contributed by atoms with van der Waals surface area (Å²) in [6, 6.07) is 15.4. The minimum absolute atomic E-state index is 0.110. The van der Waals surface area contributed by atoms with Crippen LogP contribution in [-0.4, -0.2) is 74.2 Å². The highest BCUT2D eigenvalue weighted by Gasteiger charge is 2.38. The number of hydrogen-bond donors (Lipinski definition) is 2. The number of nitrogens with one attached hydrogen (secondary N) is 1. The van der Waals surface area contributed by atoms with E-state index in [9.17, 15) is 18.4 Å². The highest BCUT2D eigenvalue weighted by atomic mass is 32.2. The maximum absolute atomic E-state index is 13.7. The van der Waals surface area contributed by atoms with Crippen molar-refractivity contribution in [2.45, 2.75) is 34.6 Å². The van der Waals surface area contributed by atoms with Gasteiger partial charge in [0.15, 0.2) is 0 Å². The summed E-state index contributed by atoms with van der Waals surface area (Å²) in [5, 5.41) is 9.28. The number of hydrogen-bond acceptors (Lipinski definition) is 7. The van der Waals surface area contributed by atoms with E-state index in [1.165, 1.54) is 16.1 Å². The third-order valence-electron chi connectivity index (χ3n) is 5.47. The molecule has 0 radical (unpaired) electrons. The second-order valence-corrected chi connectivity index (χ2v) is 11.2. The van der Waals surface area contributed by atoms with Crippen molar-refractivity contribution in [2.75, 3.05) is 39.4 Å². The first-order valence-electron chi connectivity index (χ1n) is 10.9. The molecule has 0 spiro atoms. The molecule has 180 valence electrons. The maximum atomic E-state index is 13.7. The van der Waals surface area contributed by atoms with Crippen LogP contribution in [0.25, 0.3) is 0 Å². The van der Waals surface area contributed by atoms with Crippen molar-refractivity contribution in [3.63, 3.8) is 0 Å². The molecular formula is C23H31N3O5S2. The number of sulfonamides is 1. The fourth-order valence-corrected chi connectivity index (χ4v) is 6.29. The minimum Gasteiger partial charge on any atom is -0.379 e. The largest absolute Gasteiger partial charge is 0.379 e. The number of ether oxygens (including phenoxy) is 1. The third-order valence-corrected chi connectivity index (χ3v) is 8.38. The first-order valence-corrected chi connectivity index (χ1v) is 13.2. The molecule has 10 heteroatoms. The summed E-state index contributed by atoms with van der Waals surface area (Å²) in [6.07, 6.45) is 0. The van der Waals surface area contributed by atoms with Crippen LogP contribution in [0.2, 0.25) is 0 Å². The van der Waals surface area contributed by atoms with Crippen LogP contribution in [0.4, 0.5) is 0 Å². The molecule has 0 unspecified atom stereocenters. The molecule has 3 rings (SSSR count). The van der Waals surface area contributed by atoms with E-state index in [0.717, 1.165) is 9.79 Å². The molecular weight excluding hydrogens is 462 g/mol. The lowest BCUT2D eigenvalue weighted by molar-refractivity contribution is -0.134. The Hall–Kier alpha value is -1.95. The fraction of sp³-hybridized carbons (Fsp3) is 0.435. The Balaban J connectivity index is 1.85. The van der Waals surface area contributed by atoms with E-state index in [4.69, 9.17) is 4.74 Å². The Morgan fingerprint density at radius 3 is 2.27 bits per heavy atom. The van der Waals surface area contributed by atoms with Gasteiger partial charge in [-0.05, 0) is 42.3 Å². The zero-order valence-corrected chi connectivity index (χ0v) is 20.5. The molecule has 1 atom stereocenters. The maximum Gasteiger partial charge on any atom is 0.262 e. The van der Waals surface area contributed by atoms with Crippen LogP contribution in [0.15, 0.2) is 69.3 Å². The number of amides is 1. The predicted molar refractivity (Wildman–Crippen MR) is 127 cm³/mol. The predicted octanol–water partition coefficient (Wildman–Crippen LogP) is 2.69. The highest BCUT2D eigenvalue weighted by molar-refractivity contribution is 7.99. The molecule has 0 aliphatic carbocycles. The zero-order chi connectivity index (χ0) is 23.8. The number of hydroxylamine groups is 1. The molecule has 0 bridgehead atoms. The standard InChI is InChI=1S/C23H31N3O5S2/c1-18(2)22(23(27)24-28)26(13-12-25-14-16-31-17-15-25)33(29,30)21-10-8-20(9-11-21)32-19-6-4-3-5-7-19/h3-11,18,22,28H,12-17H2,1-2H3,(H,24,27)/t22-/m1/s1. The van der Waals surface area contributed by atoms with Gasteiger partial charge < -0.3 is 4.74 Å². The van der Waals surface area contributed by atoms with Gasteiger partial charge in [-0.1, -0.05) is 43.8 Å². The monoisotopic (exact) mass is 493 g/mol. The van der Waals surface area contributed by atoms with E-state index in [1.807, 2.05) is 30.3 Å². The molecule has 8 nitrogen and oxygen atoms in total. The molecule has 2 N–H and O–H groups in total. The van der Waals surface area contributed by atoms with E-state index in [0.29, 0.717) is 32.8 Å². The summed E-state index contributed by atoms with van der Waals surface area (Å²) >= 11 is 1.54. The van der Waals surface area contributed by atoms with Crippen molar-refractivity contribution in [1.82, 2.24) is 14.7 Å². The Labute approximate surface area is 199 Å². The first-order chi connectivity index (χ1) is 15.8. The molecule has 0 aromatic heterocycles. The number of carbonyl (C=O) groups excluding carboxylic acids is 1. The van der Waals surface area contributed by atoms with Gasteiger partial charge in [-0.2, -0.15) is 4.31 Å². The fourth-order valence-electron chi connectivity index (χ4n) is 3.75. The van der Waals surface area contributed by atoms with Crippen LogP contribution < -0.4 is 5.48 Å². The van der Waals surface area contributed by atoms with Crippen molar-refractivity contribution < 1.29 is 23.2 Å². The van der Waals surface area contributed by atoms with Crippen LogP contribution in [0.1, 0.15) is 13.8 Å². The lowest BCUT2D eigenvalue weighted by Crippen LogP contribution is -2.54. The number of morpholine rings is 1. The Kier molecular flexibility index (Phi) is 9.30. The molecule has 1 amide bonds. The van der Waals surface area contributed by atoms with E-state index in [1.54, 1.807) is 43.6 Å².